The highest BCUT2D eigenvalue weighted by Crippen LogP contribution is 2.36. The quantitative estimate of drug-likeness (QED) is 0.474. The van der Waals surface area contributed by atoms with Gasteiger partial charge in [0.1, 0.15) is 5.76 Å². The third-order valence-electron chi connectivity index (χ3n) is 5.23. The van der Waals surface area contributed by atoms with Crippen LogP contribution in [0.2, 0.25) is 5.02 Å². The van der Waals surface area contributed by atoms with Gasteiger partial charge in [-0.3, -0.25) is 4.79 Å². The van der Waals surface area contributed by atoms with Crippen molar-refractivity contribution in [1.82, 2.24) is 0 Å². The number of hydrogen-bond acceptors (Lipinski definition) is 3. The van der Waals surface area contributed by atoms with Crippen LogP contribution >= 0.6 is 11.6 Å². The summed E-state index contributed by atoms with van der Waals surface area (Å²) in [4.78, 5) is 14.8. The second-order valence-corrected chi connectivity index (χ2v) is 7.84. The summed E-state index contributed by atoms with van der Waals surface area (Å²) in [5.41, 5.74) is 0.609. The Morgan fingerprint density at radius 3 is 2.35 bits per heavy atom. The number of amides is 1. The number of furan rings is 1. The molecule has 1 N–H and O–H groups in total. The molecule has 4 rings (SSSR count). The van der Waals surface area contributed by atoms with E-state index in [1.807, 2.05) is 4.90 Å². The number of hydrogen-bond donors (Lipinski definition) is 1. The van der Waals surface area contributed by atoms with Gasteiger partial charge in [0.15, 0.2) is 5.76 Å². The van der Waals surface area contributed by atoms with E-state index in [1.54, 1.807) is 30.3 Å². The highest BCUT2D eigenvalue weighted by Gasteiger charge is 2.32. The van der Waals surface area contributed by atoms with Crippen LogP contribution in [0, 0.1) is 0 Å². The molecule has 1 fully saturated rings. The van der Waals surface area contributed by atoms with E-state index in [0.717, 1.165) is 50.0 Å². The maximum absolute atomic E-state index is 13.3. The molecule has 0 bridgehead atoms. The predicted octanol–water partition coefficient (Wildman–Crippen LogP) is 6.86. The van der Waals surface area contributed by atoms with Crippen molar-refractivity contribution in [3.05, 3.63) is 70.9 Å². The van der Waals surface area contributed by atoms with E-state index in [0.29, 0.717) is 16.5 Å². The first-order valence-corrected chi connectivity index (χ1v) is 10.3. The fourth-order valence-corrected chi connectivity index (χ4v) is 3.76. The normalized spacial score (nSPS) is 14.5. The topological polar surface area (TPSA) is 45.5 Å². The number of carbonyl (C=O) groups is 1. The van der Waals surface area contributed by atoms with E-state index in [9.17, 15) is 18.0 Å². The fourth-order valence-electron chi connectivity index (χ4n) is 3.64. The lowest BCUT2D eigenvalue weighted by atomic mass is 10.1. The maximum Gasteiger partial charge on any atom is 0.416 e. The van der Waals surface area contributed by atoms with E-state index < -0.39 is 17.6 Å². The van der Waals surface area contributed by atoms with Crippen molar-refractivity contribution in [2.45, 2.75) is 25.4 Å². The average Bonchev–Trinajstić information content (AvgIpc) is 3.25. The molecular weight excluding hydrogens is 429 g/mol. The van der Waals surface area contributed by atoms with Crippen molar-refractivity contribution in [3.63, 3.8) is 0 Å². The van der Waals surface area contributed by atoms with Gasteiger partial charge in [0.05, 0.1) is 16.9 Å². The third-order valence-corrected chi connectivity index (χ3v) is 5.48. The summed E-state index contributed by atoms with van der Waals surface area (Å²) in [5.74, 6) is -0.146. The van der Waals surface area contributed by atoms with Crippen molar-refractivity contribution in [2.75, 3.05) is 23.3 Å². The molecule has 1 aromatic heterocycles. The number of nitrogens with one attached hydrogen (secondary N) is 1. The SMILES string of the molecule is O=C(Nc1cc(C(F)(F)F)ccc1N1CCCCC1)c1ccc(-c2ccc(Cl)cc2)o1. The van der Waals surface area contributed by atoms with Crippen molar-refractivity contribution < 1.29 is 22.4 Å². The lowest BCUT2D eigenvalue weighted by molar-refractivity contribution is -0.137. The van der Waals surface area contributed by atoms with Crippen molar-refractivity contribution in [1.29, 1.82) is 0 Å². The molecule has 31 heavy (non-hydrogen) atoms. The molecule has 0 aliphatic carbocycles. The molecule has 0 saturated carbocycles. The van der Waals surface area contributed by atoms with Crippen molar-refractivity contribution >= 4 is 28.9 Å². The molecule has 1 amide bonds. The summed E-state index contributed by atoms with van der Waals surface area (Å²) in [7, 11) is 0. The summed E-state index contributed by atoms with van der Waals surface area (Å²) in [6, 6.07) is 13.5. The molecule has 2 aromatic carbocycles. The summed E-state index contributed by atoms with van der Waals surface area (Å²) < 4.78 is 45.4. The first-order valence-electron chi connectivity index (χ1n) is 9.94. The Hall–Kier alpha value is -2.93. The van der Waals surface area contributed by atoms with Gasteiger partial charge in [-0.1, -0.05) is 11.6 Å². The Balaban J connectivity index is 1.61. The van der Waals surface area contributed by atoms with Crippen molar-refractivity contribution in [2.24, 2.45) is 0 Å². The molecule has 4 nitrogen and oxygen atoms in total. The molecule has 8 heteroatoms. The Kier molecular flexibility index (Phi) is 5.96. The number of piperidine rings is 1. The van der Waals surface area contributed by atoms with Gasteiger partial charge in [0.25, 0.3) is 5.91 Å². The zero-order valence-electron chi connectivity index (χ0n) is 16.5. The van der Waals surface area contributed by atoms with Crippen LogP contribution in [0.3, 0.4) is 0 Å². The fraction of sp³-hybridized carbons (Fsp3) is 0.261. The number of carbonyl (C=O) groups excluding carboxylic acids is 1. The zero-order valence-corrected chi connectivity index (χ0v) is 17.3. The molecular formula is C23H20ClF3N2O2. The molecule has 162 valence electrons. The summed E-state index contributed by atoms with van der Waals surface area (Å²) in [6.07, 6.45) is -1.51. The zero-order chi connectivity index (χ0) is 22.0. The minimum Gasteiger partial charge on any atom is -0.451 e. The molecule has 3 aromatic rings. The van der Waals surface area contributed by atoms with Crippen LogP contribution in [0.15, 0.2) is 59.0 Å². The minimum atomic E-state index is -4.51. The number of benzene rings is 2. The van der Waals surface area contributed by atoms with E-state index in [2.05, 4.69) is 5.32 Å². The number of halogens is 4. The van der Waals surface area contributed by atoms with Crippen LogP contribution in [0.25, 0.3) is 11.3 Å². The monoisotopic (exact) mass is 448 g/mol. The van der Waals surface area contributed by atoms with Crippen LogP contribution in [-0.4, -0.2) is 19.0 Å². The van der Waals surface area contributed by atoms with Crippen LogP contribution in [0.4, 0.5) is 24.5 Å². The Bertz CT molecular complexity index is 1070. The van der Waals surface area contributed by atoms with Gasteiger partial charge in [-0.25, -0.2) is 0 Å². The molecule has 0 spiro atoms. The van der Waals surface area contributed by atoms with Gasteiger partial charge in [-0.2, -0.15) is 13.2 Å². The Morgan fingerprint density at radius 1 is 0.968 bits per heavy atom. The number of alkyl halides is 3. The Labute approximate surface area is 182 Å². The summed E-state index contributed by atoms with van der Waals surface area (Å²) >= 11 is 5.89. The second-order valence-electron chi connectivity index (χ2n) is 7.40. The molecule has 2 heterocycles. The average molecular weight is 449 g/mol. The largest absolute Gasteiger partial charge is 0.451 e. The molecule has 0 radical (unpaired) electrons. The van der Waals surface area contributed by atoms with E-state index in [1.165, 1.54) is 12.1 Å². The molecule has 1 saturated heterocycles. The smallest absolute Gasteiger partial charge is 0.416 e. The summed E-state index contributed by atoms with van der Waals surface area (Å²) in [6.45, 7) is 1.46. The molecule has 0 atom stereocenters. The van der Waals surface area contributed by atoms with Crippen LogP contribution in [-0.2, 0) is 6.18 Å². The maximum atomic E-state index is 13.3. The first-order chi connectivity index (χ1) is 14.8. The first kappa shape index (κ1) is 21.3. The Morgan fingerprint density at radius 2 is 1.68 bits per heavy atom. The van der Waals surface area contributed by atoms with Gasteiger partial charge in [-0.15, -0.1) is 0 Å². The van der Waals surface area contributed by atoms with Gasteiger partial charge in [-0.05, 0) is 73.9 Å². The van der Waals surface area contributed by atoms with Crippen LogP contribution < -0.4 is 10.2 Å². The van der Waals surface area contributed by atoms with Crippen LogP contribution in [0.5, 0.6) is 0 Å². The van der Waals surface area contributed by atoms with Gasteiger partial charge in [0, 0.05) is 23.7 Å². The van der Waals surface area contributed by atoms with Crippen LogP contribution in [0.1, 0.15) is 35.4 Å². The van der Waals surface area contributed by atoms with Gasteiger partial charge < -0.3 is 14.6 Å². The third kappa shape index (κ3) is 4.88. The molecule has 1 aliphatic heterocycles. The highest BCUT2D eigenvalue weighted by molar-refractivity contribution is 6.30. The molecule has 0 unspecified atom stereocenters. The lowest BCUT2D eigenvalue weighted by Crippen LogP contribution is -2.30. The number of anilines is 2. The van der Waals surface area contributed by atoms with E-state index >= 15 is 0 Å². The molecule has 1 aliphatic rings. The second kappa shape index (κ2) is 8.67. The van der Waals surface area contributed by atoms with E-state index in [-0.39, 0.29) is 11.4 Å². The van der Waals surface area contributed by atoms with E-state index in [4.69, 9.17) is 16.0 Å². The van der Waals surface area contributed by atoms with Gasteiger partial charge >= 0.3 is 6.18 Å². The lowest BCUT2D eigenvalue weighted by Gasteiger charge is -2.31. The number of nitrogens with zero attached hydrogens (tertiary/aromatic N) is 1. The number of rotatable bonds is 4. The summed E-state index contributed by atoms with van der Waals surface area (Å²) in [5, 5.41) is 3.19. The predicted molar refractivity (Wildman–Crippen MR) is 115 cm³/mol. The highest BCUT2D eigenvalue weighted by atomic mass is 35.5. The van der Waals surface area contributed by atoms with Crippen molar-refractivity contribution in [3.8, 4) is 11.3 Å². The van der Waals surface area contributed by atoms with Gasteiger partial charge in [0.2, 0.25) is 0 Å². The standard InChI is InChI=1S/C23H20ClF3N2O2/c24-17-7-4-15(5-8-17)20-10-11-21(31-20)22(30)28-18-14-16(23(25,26)27)6-9-19(18)29-12-2-1-3-13-29/h4-11,14H,1-3,12-13H2,(H,28,30). The minimum absolute atomic E-state index is 0.00644.